The summed E-state index contributed by atoms with van der Waals surface area (Å²) in [4.78, 5) is 22.4. The number of carbonyl (C=O) groups is 1. The Hall–Kier alpha value is -2.46. The second kappa shape index (κ2) is 7.04. The van der Waals surface area contributed by atoms with Crippen LogP contribution >= 0.6 is 7.60 Å². The van der Waals surface area contributed by atoms with Gasteiger partial charge in [-0.2, -0.15) is 0 Å². The van der Waals surface area contributed by atoms with Gasteiger partial charge in [0, 0.05) is 5.56 Å². The normalized spacial score (nSPS) is 15.9. The van der Waals surface area contributed by atoms with Gasteiger partial charge in [0.2, 0.25) is 0 Å². The highest BCUT2D eigenvalue weighted by molar-refractivity contribution is 7.52. The van der Waals surface area contributed by atoms with Gasteiger partial charge >= 0.3 is 13.6 Å². The van der Waals surface area contributed by atoms with E-state index in [9.17, 15) is 19.4 Å². The van der Waals surface area contributed by atoms with Crippen LogP contribution in [-0.2, 0) is 25.6 Å². The third kappa shape index (κ3) is 3.70. The number of hydrogen-bond acceptors (Lipinski definition) is 3. The minimum absolute atomic E-state index is 0.262. The molecule has 0 spiro atoms. The predicted octanol–water partition coefficient (Wildman–Crippen LogP) is 4.54. The van der Waals surface area contributed by atoms with Crippen LogP contribution in [0.4, 0.5) is 0 Å². The van der Waals surface area contributed by atoms with Gasteiger partial charge in [-0.05, 0) is 23.3 Å². The van der Waals surface area contributed by atoms with Crippen molar-refractivity contribution >= 4 is 24.3 Å². The second-order valence-corrected chi connectivity index (χ2v) is 8.01. The molecule has 0 aliphatic rings. The SMILES string of the molecule is CC(OP(=O)(O)Cc1ccccc1)(C(=O)O)c1cccc2ccccc12. The quantitative estimate of drug-likeness (QED) is 0.622. The molecule has 3 aromatic carbocycles. The van der Waals surface area contributed by atoms with Gasteiger partial charge in [-0.1, -0.05) is 72.8 Å². The maximum Gasteiger partial charge on any atom is 0.340 e. The summed E-state index contributed by atoms with van der Waals surface area (Å²) in [7, 11) is -4.21. The lowest BCUT2D eigenvalue weighted by Gasteiger charge is -2.29. The number of hydrogen-bond donors (Lipinski definition) is 2. The van der Waals surface area contributed by atoms with E-state index in [1.165, 1.54) is 6.92 Å². The maximum atomic E-state index is 12.7. The van der Waals surface area contributed by atoms with Crippen molar-refractivity contribution in [2.45, 2.75) is 18.7 Å². The van der Waals surface area contributed by atoms with Crippen LogP contribution in [-0.4, -0.2) is 16.0 Å². The first-order valence-electron chi connectivity index (χ1n) is 8.10. The number of carboxylic acid groups (broad SMARTS) is 1. The van der Waals surface area contributed by atoms with E-state index < -0.39 is 19.2 Å². The van der Waals surface area contributed by atoms with Crippen molar-refractivity contribution < 1.29 is 23.9 Å². The molecule has 0 aliphatic carbocycles. The van der Waals surface area contributed by atoms with Gasteiger partial charge in [0.15, 0.2) is 5.60 Å². The Labute approximate surface area is 151 Å². The third-order valence-corrected chi connectivity index (χ3v) is 5.68. The average Bonchev–Trinajstić information content (AvgIpc) is 2.61. The van der Waals surface area contributed by atoms with E-state index in [4.69, 9.17) is 4.52 Å². The van der Waals surface area contributed by atoms with Crippen LogP contribution in [0.2, 0.25) is 0 Å². The molecule has 6 heteroatoms. The van der Waals surface area contributed by atoms with E-state index in [0.717, 1.165) is 5.39 Å². The summed E-state index contributed by atoms with van der Waals surface area (Å²) in [5.74, 6) is -1.32. The van der Waals surface area contributed by atoms with Gasteiger partial charge in [0.25, 0.3) is 0 Å². The van der Waals surface area contributed by atoms with Crippen molar-refractivity contribution in [1.29, 1.82) is 0 Å². The predicted molar refractivity (Wildman–Crippen MR) is 100.0 cm³/mol. The summed E-state index contributed by atoms with van der Waals surface area (Å²) in [5.41, 5.74) is -1.02. The fraction of sp³-hybridized carbons (Fsp3) is 0.150. The minimum Gasteiger partial charge on any atom is -0.479 e. The first kappa shape index (κ1) is 18.3. The zero-order chi connectivity index (χ0) is 18.8. The van der Waals surface area contributed by atoms with Crippen molar-refractivity contribution in [3.63, 3.8) is 0 Å². The van der Waals surface area contributed by atoms with Crippen molar-refractivity contribution in [2.24, 2.45) is 0 Å². The van der Waals surface area contributed by atoms with E-state index in [0.29, 0.717) is 16.5 Å². The lowest BCUT2D eigenvalue weighted by molar-refractivity contribution is -0.155. The molecule has 0 amide bonds. The Balaban J connectivity index is 2.02. The van der Waals surface area contributed by atoms with Crippen molar-refractivity contribution in [1.82, 2.24) is 0 Å². The minimum atomic E-state index is -4.21. The van der Waals surface area contributed by atoms with E-state index in [1.54, 1.807) is 54.6 Å². The summed E-state index contributed by atoms with van der Waals surface area (Å²) in [6.45, 7) is 1.31. The standard InChI is InChI=1S/C20H19O5P/c1-20(19(21)22,18-13-7-11-16-10-5-6-12-17(16)18)25-26(23,24)14-15-8-3-2-4-9-15/h2-13H,14H2,1H3,(H,21,22)(H,23,24). The molecule has 2 atom stereocenters. The Kier molecular flexibility index (Phi) is 4.97. The van der Waals surface area contributed by atoms with Crippen LogP contribution in [0, 0.1) is 0 Å². The van der Waals surface area contributed by atoms with Crippen LogP contribution in [0.25, 0.3) is 10.8 Å². The molecule has 5 nitrogen and oxygen atoms in total. The summed E-state index contributed by atoms with van der Waals surface area (Å²) in [5, 5.41) is 11.3. The number of carboxylic acids is 1. The van der Waals surface area contributed by atoms with Crippen LogP contribution in [0.1, 0.15) is 18.1 Å². The van der Waals surface area contributed by atoms with Gasteiger partial charge < -0.3 is 10.00 Å². The fourth-order valence-electron chi connectivity index (χ4n) is 2.98. The first-order valence-corrected chi connectivity index (χ1v) is 9.86. The highest BCUT2D eigenvalue weighted by Gasteiger charge is 2.43. The van der Waals surface area contributed by atoms with Crippen LogP contribution in [0.3, 0.4) is 0 Å². The molecule has 0 aliphatic heterocycles. The van der Waals surface area contributed by atoms with E-state index in [1.807, 2.05) is 18.2 Å². The van der Waals surface area contributed by atoms with Crippen molar-refractivity contribution in [2.75, 3.05) is 0 Å². The van der Waals surface area contributed by atoms with Crippen molar-refractivity contribution in [3.8, 4) is 0 Å². The summed E-state index contributed by atoms with van der Waals surface area (Å²) < 4.78 is 18.1. The molecule has 0 radical (unpaired) electrons. The molecular formula is C20H19O5P. The highest BCUT2D eigenvalue weighted by atomic mass is 31.2. The monoisotopic (exact) mass is 370 g/mol. The van der Waals surface area contributed by atoms with Gasteiger partial charge in [0.1, 0.15) is 0 Å². The maximum absolute atomic E-state index is 12.7. The average molecular weight is 370 g/mol. The van der Waals surface area contributed by atoms with Gasteiger partial charge in [0.05, 0.1) is 6.16 Å². The Morgan fingerprint density at radius 1 is 1.00 bits per heavy atom. The van der Waals surface area contributed by atoms with Gasteiger partial charge in [-0.15, -0.1) is 0 Å². The molecule has 0 aromatic heterocycles. The van der Waals surface area contributed by atoms with Crippen LogP contribution < -0.4 is 0 Å². The van der Waals surface area contributed by atoms with Crippen LogP contribution in [0.15, 0.2) is 72.8 Å². The van der Waals surface area contributed by atoms with E-state index >= 15 is 0 Å². The Bertz CT molecular complexity index is 980. The highest BCUT2D eigenvalue weighted by Crippen LogP contribution is 2.52. The lowest BCUT2D eigenvalue weighted by atomic mass is 9.91. The number of fused-ring (bicyclic) bond motifs is 1. The fourth-order valence-corrected chi connectivity index (χ4v) is 4.46. The van der Waals surface area contributed by atoms with Gasteiger partial charge in [-0.25, -0.2) is 4.79 Å². The van der Waals surface area contributed by atoms with Gasteiger partial charge in [-0.3, -0.25) is 9.09 Å². The summed E-state index contributed by atoms with van der Waals surface area (Å²) in [6, 6.07) is 21.1. The Morgan fingerprint density at radius 2 is 1.62 bits per heavy atom. The van der Waals surface area contributed by atoms with Crippen molar-refractivity contribution in [3.05, 3.63) is 83.9 Å². The Morgan fingerprint density at radius 3 is 2.31 bits per heavy atom. The topological polar surface area (TPSA) is 83.8 Å². The molecule has 26 heavy (non-hydrogen) atoms. The molecule has 0 saturated heterocycles. The molecule has 0 saturated carbocycles. The number of aliphatic carboxylic acids is 1. The zero-order valence-corrected chi connectivity index (χ0v) is 15.1. The summed E-state index contributed by atoms with van der Waals surface area (Å²) >= 11 is 0. The third-order valence-electron chi connectivity index (χ3n) is 4.26. The molecule has 0 bridgehead atoms. The van der Waals surface area contributed by atoms with Crippen LogP contribution in [0.5, 0.6) is 0 Å². The molecule has 134 valence electrons. The second-order valence-electron chi connectivity index (χ2n) is 6.24. The molecule has 2 unspecified atom stereocenters. The number of benzene rings is 3. The zero-order valence-electron chi connectivity index (χ0n) is 14.2. The summed E-state index contributed by atoms with van der Waals surface area (Å²) in [6.07, 6.45) is -0.262. The largest absolute Gasteiger partial charge is 0.479 e. The first-order chi connectivity index (χ1) is 12.3. The molecule has 3 rings (SSSR count). The van der Waals surface area contributed by atoms with E-state index in [-0.39, 0.29) is 6.16 Å². The smallest absolute Gasteiger partial charge is 0.340 e. The number of rotatable bonds is 6. The molecule has 3 aromatic rings. The molecular weight excluding hydrogens is 351 g/mol. The van der Waals surface area contributed by atoms with E-state index in [2.05, 4.69) is 0 Å². The molecule has 0 fully saturated rings. The molecule has 0 heterocycles. The molecule has 2 N–H and O–H groups in total. The lowest BCUT2D eigenvalue weighted by Crippen LogP contribution is -2.35.